The van der Waals surface area contributed by atoms with E-state index in [9.17, 15) is 0 Å². The number of hydrogen-bond donors (Lipinski definition) is 1. The predicted molar refractivity (Wildman–Crippen MR) is 69.7 cm³/mol. The maximum absolute atomic E-state index is 6.18. The lowest BCUT2D eigenvalue weighted by Gasteiger charge is -2.27. The maximum Gasteiger partial charge on any atom is 0.232 e. The van der Waals surface area contributed by atoms with E-state index in [4.69, 9.17) is 15.0 Å². The highest BCUT2D eigenvalue weighted by Gasteiger charge is 2.26. The zero-order chi connectivity index (χ0) is 13.1. The molecule has 19 heavy (non-hydrogen) atoms. The first-order chi connectivity index (χ1) is 9.33. The highest BCUT2D eigenvalue weighted by molar-refractivity contribution is 4.99. The van der Waals surface area contributed by atoms with E-state index in [0.29, 0.717) is 18.3 Å². The Hall–Kier alpha value is -0.980. The molecule has 106 valence electrons. The molecular weight excluding hydrogens is 244 g/mol. The van der Waals surface area contributed by atoms with Crippen molar-refractivity contribution >= 4 is 0 Å². The van der Waals surface area contributed by atoms with Gasteiger partial charge in [0.1, 0.15) is 0 Å². The van der Waals surface area contributed by atoms with Crippen LogP contribution in [0.2, 0.25) is 0 Å². The van der Waals surface area contributed by atoms with Gasteiger partial charge < -0.3 is 19.9 Å². The molecule has 2 unspecified atom stereocenters. The molecule has 0 aromatic carbocycles. The van der Waals surface area contributed by atoms with Gasteiger partial charge in [-0.05, 0) is 32.4 Å². The molecule has 3 rings (SSSR count). The van der Waals surface area contributed by atoms with Crippen LogP contribution in [0.5, 0.6) is 0 Å². The summed E-state index contributed by atoms with van der Waals surface area (Å²) in [7, 11) is 0. The highest BCUT2D eigenvalue weighted by atomic mass is 16.5. The molecule has 0 bridgehead atoms. The lowest BCUT2D eigenvalue weighted by Crippen LogP contribution is -2.36. The fourth-order valence-electron chi connectivity index (χ4n) is 2.79. The summed E-state index contributed by atoms with van der Waals surface area (Å²) < 4.78 is 10.7. The van der Waals surface area contributed by atoms with E-state index in [1.807, 2.05) is 0 Å². The number of nitrogens with zero attached hydrogens (tertiary/aromatic N) is 3. The Morgan fingerprint density at radius 2 is 2.16 bits per heavy atom. The van der Waals surface area contributed by atoms with Crippen molar-refractivity contribution in [2.45, 2.75) is 37.6 Å². The lowest BCUT2D eigenvalue weighted by atomic mass is 10.1. The molecule has 2 aliphatic heterocycles. The molecular formula is C13H22N4O2. The number of nitrogens with two attached hydrogens (primary N) is 1. The number of rotatable bonds is 4. The molecule has 0 aliphatic carbocycles. The van der Waals surface area contributed by atoms with Crippen LogP contribution >= 0.6 is 0 Å². The molecule has 6 nitrogen and oxygen atoms in total. The Bertz CT molecular complexity index is 397. The number of aromatic nitrogens is 2. The summed E-state index contributed by atoms with van der Waals surface area (Å²) in [6.45, 7) is 4.55. The van der Waals surface area contributed by atoms with Crippen molar-refractivity contribution in [3.8, 4) is 0 Å². The standard InChI is InChI=1S/C13H22N4O2/c14-11(8-17-5-2-1-3-6-17)12-15-13(19-16-12)10-4-7-18-9-10/h10-11H,1-9,14H2. The molecule has 0 radical (unpaired) electrons. The highest BCUT2D eigenvalue weighted by Crippen LogP contribution is 2.24. The summed E-state index contributed by atoms with van der Waals surface area (Å²) >= 11 is 0. The second kappa shape index (κ2) is 5.98. The Morgan fingerprint density at radius 3 is 2.89 bits per heavy atom. The molecule has 1 aromatic rings. The van der Waals surface area contributed by atoms with E-state index in [1.165, 1.54) is 19.3 Å². The molecule has 2 N–H and O–H groups in total. The smallest absolute Gasteiger partial charge is 0.232 e. The first-order valence-corrected chi connectivity index (χ1v) is 7.22. The van der Waals surface area contributed by atoms with Gasteiger partial charge in [0.25, 0.3) is 0 Å². The molecule has 3 heterocycles. The van der Waals surface area contributed by atoms with Crippen molar-refractivity contribution in [3.05, 3.63) is 11.7 Å². The van der Waals surface area contributed by atoms with Crippen molar-refractivity contribution in [1.29, 1.82) is 0 Å². The van der Waals surface area contributed by atoms with Gasteiger partial charge >= 0.3 is 0 Å². The zero-order valence-corrected chi connectivity index (χ0v) is 11.3. The predicted octanol–water partition coefficient (Wildman–Crippen LogP) is 1.06. The second-order valence-corrected chi connectivity index (χ2v) is 5.52. The van der Waals surface area contributed by atoms with Gasteiger partial charge in [-0.2, -0.15) is 4.98 Å². The van der Waals surface area contributed by atoms with Crippen LogP contribution in [0.3, 0.4) is 0 Å². The van der Waals surface area contributed by atoms with Crippen LogP contribution in [0.1, 0.15) is 49.4 Å². The van der Waals surface area contributed by atoms with E-state index >= 15 is 0 Å². The SMILES string of the molecule is NC(CN1CCCCC1)c1noc(C2CCOC2)n1. The van der Waals surface area contributed by atoms with Crippen molar-refractivity contribution in [3.63, 3.8) is 0 Å². The van der Waals surface area contributed by atoms with Gasteiger partial charge in [0.2, 0.25) is 5.89 Å². The minimum atomic E-state index is -0.155. The van der Waals surface area contributed by atoms with Gasteiger partial charge in [0.15, 0.2) is 5.82 Å². The monoisotopic (exact) mass is 266 g/mol. The quantitative estimate of drug-likeness (QED) is 0.878. The minimum absolute atomic E-state index is 0.155. The van der Waals surface area contributed by atoms with Crippen molar-refractivity contribution in [1.82, 2.24) is 15.0 Å². The molecule has 6 heteroatoms. The van der Waals surface area contributed by atoms with Crippen LogP contribution < -0.4 is 5.73 Å². The van der Waals surface area contributed by atoms with Crippen LogP contribution in [-0.2, 0) is 4.74 Å². The third kappa shape index (κ3) is 3.13. The Morgan fingerprint density at radius 1 is 1.32 bits per heavy atom. The van der Waals surface area contributed by atoms with Crippen LogP contribution in [0.15, 0.2) is 4.52 Å². The summed E-state index contributed by atoms with van der Waals surface area (Å²) in [5.41, 5.74) is 6.18. The summed E-state index contributed by atoms with van der Waals surface area (Å²) in [6.07, 6.45) is 4.83. The molecule has 2 atom stereocenters. The first kappa shape index (κ1) is 13.0. The van der Waals surface area contributed by atoms with Crippen molar-refractivity contribution in [2.75, 3.05) is 32.8 Å². The Labute approximate surface area is 113 Å². The summed E-state index contributed by atoms with van der Waals surface area (Å²) in [4.78, 5) is 6.84. The molecule has 0 saturated carbocycles. The first-order valence-electron chi connectivity index (χ1n) is 7.22. The lowest BCUT2D eigenvalue weighted by molar-refractivity contribution is 0.189. The van der Waals surface area contributed by atoms with Gasteiger partial charge in [0.05, 0.1) is 18.6 Å². The van der Waals surface area contributed by atoms with Crippen molar-refractivity contribution in [2.24, 2.45) is 5.73 Å². The Balaban J connectivity index is 1.58. The molecule has 2 saturated heterocycles. The van der Waals surface area contributed by atoms with E-state index in [-0.39, 0.29) is 12.0 Å². The fourth-order valence-corrected chi connectivity index (χ4v) is 2.79. The number of piperidine rings is 1. The van der Waals surface area contributed by atoms with E-state index in [2.05, 4.69) is 15.0 Å². The average molecular weight is 266 g/mol. The van der Waals surface area contributed by atoms with E-state index < -0.39 is 0 Å². The van der Waals surface area contributed by atoms with Gasteiger partial charge in [0, 0.05) is 13.2 Å². The second-order valence-electron chi connectivity index (χ2n) is 5.52. The van der Waals surface area contributed by atoms with Gasteiger partial charge in [-0.3, -0.25) is 0 Å². The van der Waals surface area contributed by atoms with Gasteiger partial charge in [-0.25, -0.2) is 0 Å². The molecule has 2 aliphatic rings. The largest absolute Gasteiger partial charge is 0.381 e. The molecule has 0 spiro atoms. The van der Waals surface area contributed by atoms with Crippen molar-refractivity contribution < 1.29 is 9.26 Å². The number of ether oxygens (including phenoxy) is 1. The molecule has 0 amide bonds. The number of hydrogen-bond acceptors (Lipinski definition) is 6. The minimum Gasteiger partial charge on any atom is -0.381 e. The number of likely N-dealkylation sites (tertiary alicyclic amines) is 1. The van der Waals surface area contributed by atoms with Crippen LogP contribution in [0.4, 0.5) is 0 Å². The summed E-state index contributed by atoms with van der Waals surface area (Å²) in [6, 6.07) is -0.155. The van der Waals surface area contributed by atoms with E-state index in [1.54, 1.807) is 0 Å². The van der Waals surface area contributed by atoms with Crippen LogP contribution in [-0.4, -0.2) is 47.9 Å². The van der Waals surface area contributed by atoms with E-state index in [0.717, 1.165) is 32.7 Å². The summed E-state index contributed by atoms with van der Waals surface area (Å²) in [5.74, 6) is 1.57. The van der Waals surface area contributed by atoms with Gasteiger partial charge in [-0.1, -0.05) is 11.6 Å². The molecule has 2 fully saturated rings. The third-order valence-corrected chi connectivity index (χ3v) is 3.97. The van der Waals surface area contributed by atoms with Crippen LogP contribution in [0, 0.1) is 0 Å². The fraction of sp³-hybridized carbons (Fsp3) is 0.846. The van der Waals surface area contributed by atoms with Gasteiger partial charge in [-0.15, -0.1) is 0 Å². The van der Waals surface area contributed by atoms with Crippen LogP contribution in [0.25, 0.3) is 0 Å². The molecule has 1 aromatic heterocycles. The third-order valence-electron chi connectivity index (χ3n) is 3.97. The topological polar surface area (TPSA) is 77.4 Å². The zero-order valence-electron chi connectivity index (χ0n) is 11.3. The average Bonchev–Trinajstić information content (AvgIpc) is 3.11. The summed E-state index contributed by atoms with van der Waals surface area (Å²) in [5, 5.41) is 4.03. The maximum atomic E-state index is 6.18. The Kier molecular flexibility index (Phi) is 4.10. The normalized spacial score (nSPS) is 26.7.